The summed E-state index contributed by atoms with van der Waals surface area (Å²) in [5.41, 5.74) is 1.36. The predicted molar refractivity (Wildman–Crippen MR) is 59.6 cm³/mol. The van der Waals surface area contributed by atoms with E-state index >= 15 is 0 Å². The number of allylic oxidation sites excluding steroid dienone is 4. The summed E-state index contributed by atoms with van der Waals surface area (Å²) in [5, 5.41) is 19.4. The third-order valence-electron chi connectivity index (χ3n) is 2.45. The highest BCUT2D eigenvalue weighted by Gasteiger charge is 2.27. The molecule has 0 aromatic heterocycles. The van der Waals surface area contributed by atoms with E-state index in [1.807, 2.05) is 25.2 Å². The zero-order chi connectivity index (χ0) is 12.1. The molecule has 1 aliphatic rings. The van der Waals surface area contributed by atoms with Crippen LogP contribution in [0.1, 0.15) is 13.3 Å². The molecule has 16 heavy (non-hydrogen) atoms. The van der Waals surface area contributed by atoms with Crippen LogP contribution in [-0.2, 0) is 9.53 Å². The Morgan fingerprint density at radius 3 is 2.62 bits per heavy atom. The molecule has 2 atom stereocenters. The minimum Gasteiger partial charge on any atom is -0.467 e. The van der Waals surface area contributed by atoms with E-state index in [0.29, 0.717) is 5.57 Å². The minimum absolute atomic E-state index is 0.534. The van der Waals surface area contributed by atoms with Crippen LogP contribution in [-0.4, -0.2) is 35.5 Å². The Balaban J connectivity index is 2.91. The van der Waals surface area contributed by atoms with Gasteiger partial charge < -0.3 is 14.9 Å². The highest BCUT2D eigenvalue weighted by Crippen LogP contribution is 2.18. The first-order valence-corrected chi connectivity index (χ1v) is 5.05. The number of carbonyl (C=O) groups is 1. The molecule has 0 fully saturated rings. The molecule has 0 spiro atoms. The lowest BCUT2D eigenvalue weighted by molar-refractivity contribution is -0.155. The maximum Gasteiger partial charge on any atom is 0.337 e. The molecule has 4 heteroatoms. The molecule has 0 heterocycles. The van der Waals surface area contributed by atoms with Gasteiger partial charge in [-0.25, -0.2) is 4.79 Å². The van der Waals surface area contributed by atoms with Crippen LogP contribution in [0.25, 0.3) is 0 Å². The van der Waals surface area contributed by atoms with Crippen molar-refractivity contribution < 1.29 is 19.7 Å². The summed E-state index contributed by atoms with van der Waals surface area (Å²) >= 11 is 0. The molecule has 0 saturated heterocycles. The second kappa shape index (κ2) is 5.63. The molecule has 2 N–H and O–H groups in total. The summed E-state index contributed by atoms with van der Waals surface area (Å²) in [6, 6.07) is 0. The smallest absolute Gasteiger partial charge is 0.337 e. The molecule has 0 saturated carbocycles. The molecule has 0 aliphatic heterocycles. The van der Waals surface area contributed by atoms with Crippen LogP contribution in [0.4, 0.5) is 0 Å². The Kier molecular flexibility index (Phi) is 4.46. The molecular weight excluding hydrogens is 208 g/mol. The average Bonchev–Trinajstić information content (AvgIpc) is 2.51. The van der Waals surface area contributed by atoms with E-state index in [-0.39, 0.29) is 0 Å². The van der Waals surface area contributed by atoms with Gasteiger partial charge >= 0.3 is 5.97 Å². The lowest BCUT2D eigenvalue weighted by atomic mass is 9.99. The molecule has 0 radical (unpaired) electrons. The van der Waals surface area contributed by atoms with Crippen molar-refractivity contribution in [2.75, 3.05) is 7.11 Å². The number of ether oxygens (including phenoxy) is 1. The zero-order valence-electron chi connectivity index (χ0n) is 9.38. The molecule has 0 aromatic carbocycles. The summed E-state index contributed by atoms with van der Waals surface area (Å²) in [6.45, 7) is 1.81. The number of carbonyl (C=O) groups excluding carboxylic acids is 1. The molecule has 4 nitrogen and oxygen atoms in total. The normalized spacial score (nSPS) is 19.2. The van der Waals surface area contributed by atoms with Crippen LogP contribution >= 0.6 is 0 Å². The van der Waals surface area contributed by atoms with E-state index in [4.69, 9.17) is 0 Å². The SMILES string of the molecule is COC(=O)C(O)C(O)C1=C(C)C=CCC=C1. The van der Waals surface area contributed by atoms with Gasteiger partial charge in [-0.15, -0.1) is 0 Å². The highest BCUT2D eigenvalue weighted by molar-refractivity contribution is 5.75. The third-order valence-corrected chi connectivity index (χ3v) is 2.45. The van der Waals surface area contributed by atoms with E-state index in [2.05, 4.69) is 4.74 Å². The fourth-order valence-electron chi connectivity index (χ4n) is 1.50. The number of hydrogen-bond donors (Lipinski definition) is 2. The Bertz CT molecular complexity index is 352. The van der Waals surface area contributed by atoms with Crippen molar-refractivity contribution in [1.29, 1.82) is 0 Å². The first kappa shape index (κ1) is 12.7. The predicted octanol–water partition coefficient (Wildman–Crippen LogP) is 0.714. The maximum absolute atomic E-state index is 11.1. The minimum atomic E-state index is -1.55. The van der Waals surface area contributed by atoms with E-state index in [0.717, 1.165) is 12.0 Å². The molecule has 88 valence electrons. The van der Waals surface area contributed by atoms with Gasteiger partial charge in [0.2, 0.25) is 0 Å². The Labute approximate surface area is 94.5 Å². The van der Waals surface area contributed by atoms with Gasteiger partial charge in [-0.3, -0.25) is 0 Å². The quantitative estimate of drug-likeness (QED) is 0.693. The second-order valence-corrected chi connectivity index (χ2v) is 3.59. The van der Waals surface area contributed by atoms with Crippen molar-refractivity contribution >= 4 is 5.97 Å². The first-order chi connectivity index (χ1) is 7.57. The Hall–Kier alpha value is -1.39. The zero-order valence-corrected chi connectivity index (χ0v) is 9.38. The summed E-state index contributed by atoms with van der Waals surface area (Å²) in [4.78, 5) is 11.1. The Morgan fingerprint density at radius 1 is 1.38 bits per heavy atom. The number of aliphatic hydroxyl groups excluding tert-OH is 2. The monoisotopic (exact) mass is 224 g/mol. The van der Waals surface area contributed by atoms with Crippen LogP contribution in [0.15, 0.2) is 35.5 Å². The summed E-state index contributed by atoms with van der Waals surface area (Å²) in [6.07, 6.45) is 5.32. The van der Waals surface area contributed by atoms with E-state index in [9.17, 15) is 15.0 Å². The number of hydrogen-bond acceptors (Lipinski definition) is 4. The molecule has 2 unspecified atom stereocenters. The van der Waals surface area contributed by atoms with Gasteiger partial charge in [-0.1, -0.05) is 24.3 Å². The van der Waals surface area contributed by atoms with Gasteiger partial charge in [0.1, 0.15) is 6.10 Å². The fourth-order valence-corrected chi connectivity index (χ4v) is 1.50. The lowest BCUT2D eigenvalue weighted by Crippen LogP contribution is -2.36. The standard InChI is InChI=1S/C12H16O4/c1-8-6-4-3-5-7-9(8)10(13)11(14)12(15)16-2/h4-7,10-11,13-14H,3H2,1-2H3. The fraction of sp³-hybridized carbons (Fsp3) is 0.417. The molecule has 0 bridgehead atoms. The number of methoxy groups -OCH3 is 1. The van der Waals surface area contributed by atoms with E-state index < -0.39 is 18.2 Å². The van der Waals surface area contributed by atoms with Crippen LogP contribution in [0.2, 0.25) is 0 Å². The topological polar surface area (TPSA) is 66.8 Å². The first-order valence-electron chi connectivity index (χ1n) is 5.05. The summed E-state index contributed by atoms with van der Waals surface area (Å²) < 4.78 is 4.38. The van der Waals surface area contributed by atoms with Crippen LogP contribution < -0.4 is 0 Å². The van der Waals surface area contributed by atoms with Gasteiger partial charge in [0.05, 0.1) is 7.11 Å². The van der Waals surface area contributed by atoms with Gasteiger partial charge in [0, 0.05) is 0 Å². The number of aliphatic hydroxyl groups is 2. The highest BCUT2D eigenvalue weighted by atomic mass is 16.5. The molecular formula is C12H16O4. The number of rotatable bonds is 3. The molecule has 1 rings (SSSR count). The van der Waals surface area contributed by atoms with Crippen molar-refractivity contribution in [3.05, 3.63) is 35.5 Å². The molecule has 0 aromatic rings. The van der Waals surface area contributed by atoms with Crippen molar-refractivity contribution in [3.63, 3.8) is 0 Å². The number of esters is 1. The third kappa shape index (κ3) is 2.81. The Morgan fingerprint density at radius 2 is 2.00 bits per heavy atom. The lowest BCUT2D eigenvalue weighted by Gasteiger charge is -2.18. The molecule has 1 aliphatic carbocycles. The van der Waals surface area contributed by atoms with Crippen molar-refractivity contribution in [3.8, 4) is 0 Å². The van der Waals surface area contributed by atoms with Crippen LogP contribution in [0.3, 0.4) is 0 Å². The maximum atomic E-state index is 11.1. The van der Waals surface area contributed by atoms with Gasteiger partial charge in [0.25, 0.3) is 0 Å². The van der Waals surface area contributed by atoms with E-state index in [1.165, 1.54) is 7.11 Å². The van der Waals surface area contributed by atoms with Crippen LogP contribution in [0, 0.1) is 0 Å². The van der Waals surface area contributed by atoms with Crippen molar-refractivity contribution in [1.82, 2.24) is 0 Å². The van der Waals surface area contributed by atoms with Gasteiger partial charge in [0.15, 0.2) is 6.10 Å². The van der Waals surface area contributed by atoms with Crippen molar-refractivity contribution in [2.45, 2.75) is 25.6 Å². The van der Waals surface area contributed by atoms with Gasteiger partial charge in [-0.05, 0) is 24.5 Å². The van der Waals surface area contributed by atoms with Gasteiger partial charge in [-0.2, -0.15) is 0 Å². The van der Waals surface area contributed by atoms with Crippen LogP contribution in [0.5, 0.6) is 0 Å². The van der Waals surface area contributed by atoms with Crippen molar-refractivity contribution in [2.24, 2.45) is 0 Å². The summed E-state index contributed by atoms with van der Waals surface area (Å²) in [5.74, 6) is -0.838. The average molecular weight is 224 g/mol. The second-order valence-electron chi connectivity index (χ2n) is 3.59. The molecule has 0 amide bonds. The largest absolute Gasteiger partial charge is 0.467 e. The summed E-state index contributed by atoms with van der Waals surface area (Å²) in [7, 11) is 1.17. The van der Waals surface area contributed by atoms with E-state index in [1.54, 1.807) is 6.08 Å².